The van der Waals surface area contributed by atoms with Crippen LogP contribution in [0, 0.1) is 0 Å². The van der Waals surface area contributed by atoms with Gasteiger partial charge in [-0.3, -0.25) is 4.79 Å². The smallest absolute Gasteiger partial charge is 0.324 e. The fourth-order valence-electron chi connectivity index (χ4n) is 1.80. The molecule has 94 valence electrons. The molecule has 0 amide bonds. The Labute approximate surface area is 101 Å². The van der Waals surface area contributed by atoms with Crippen molar-refractivity contribution < 1.29 is 17.9 Å². The highest BCUT2D eigenvalue weighted by molar-refractivity contribution is 7.89. The third-order valence-electron chi connectivity index (χ3n) is 2.57. The maximum Gasteiger partial charge on any atom is 0.324 e. The van der Waals surface area contributed by atoms with Crippen molar-refractivity contribution in [1.82, 2.24) is 4.31 Å². The van der Waals surface area contributed by atoms with Gasteiger partial charge in [-0.2, -0.15) is 4.31 Å². The van der Waals surface area contributed by atoms with Crippen LogP contribution in [0.5, 0.6) is 0 Å². The summed E-state index contributed by atoms with van der Waals surface area (Å²) in [5.41, 5.74) is 0. The minimum absolute atomic E-state index is 0.00993. The third-order valence-corrected chi connectivity index (χ3v) is 4.79. The van der Waals surface area contributed by atoms with Crippen LogP contribution >= 0.6 is 11.6 Å². The summed E-state index contributed by atoms with van der Waals surface area (Å²) in [5, 5.41) is 0. The zero-order valence-electron chi connectivity index (χ0n) is 9.19. The fraction of sp³-hybridized carbons (Fsp3) is 0.889. The highest BCUT2D eigenvalue weighted by Gasteiger charge is 2.38. The Hall–Kier alpha value is -0.330. The normalized spacial score (nSPS) is 22.2. The summed E-state index contributed by atoms with van der Waals surface area (Å²) in [6.45, 7) is 0.393. The van der Waals surface area contributed by atoms with E-state index < -0.39 is 22.0 Å². The molecule has 1 unspecified atom stereocenters. The van der Waals surface area contributed by atoms with E-state index >= 15 is 0 Å². The summed E-state index contributed by atoms with van der Waals surface area (Å²) in [6.07, 6.45) is 1.63. The number of alkyl halides is 1. The molecule has 1 fully saturated rings. The number of carbonyl (C=O) groups is 1. The van der Waals surface area contributed by atoms with Crippen LogP contribution in [0.4, 0.5) is 0 Å². The van der Waals surface area contributed by atoms with Gasteiger partial charge in [-0.05, 0) is 19.3 Å². The maximum atomic E-state index is 11.9. The molecule has 0 spiro atoms. The number of hydrogen-bond donors (Lipinski definition) is 0. The molecule has 1 saturated heterocycles. The summed E-state index contributed by atoms with van der Waals surface area (Å²) < 4.78 is 29.6. The maximum absolute atomic E-state index is 11.9. The van der Waals surface area contributed by atoms with Crippen LogP contribution < -0.4 is 0 Å². The van der Waals surface area contributed by atoms with Gasteiger partial charge in [0.25, 0.3) is 0 Å². The number of carbonyl (C=O) groups excluding carboxylic acids is 1. The lowest BCUT2D eigenvalue weighted by Gasteiger charge is -2.21. The van der Waals surface area contributed by atoms with Crippen LogP contribution in [0.2, 0.25) is 0 Å². The van der Waals surface area contributed by atoms with Crippen molar-refractivity contribution in [2.24, 2.45) is 0 Å². The van der Waals surface area contributed by atoms with Crippen molar-refractivity contribution in [1.29, 1.82) is 0 Å². The van der Waals surface area contributed by atoms with E-state index in [-0.39, 0.29) is 5.75 Å². The third kappa shape index (κ3) is 3.09. The predicted octanol–water partition coefficient (Wildman–Crippen LogP) is 0.582. The zero-order chi connectivity index (χ0) is 12.2. The quantitative estimate of drug-likeness (QED) is 0.541. The molecular formula is C9H16ClNO4S. The van der Waals surface area contributed by atoms with E-state index in [9.17, 15) is 13.2 Å². The van der Waals surface area contributed by atoms with E-state index in [4.69, 9.17) is 11.6 Å². The van der Waals surface area contributed by atoms with E-state index in [0.717, 1.165) is 0 Å². The van der Waals surface area contributed by atoms with Gasteiger partial charge in [0.05, 0.1) is 12.9 Å². The number of hydrogen-bond acceptors (Lipinski definition) is 4. The van der Waals surface area contributed by atoms with Gasteiger partial charge >= 0.3 is 5.97 Å². The van der Waals surface area contributed by atoms with E-state index in [1.54, 1.807) is 0 Å². The molecule has 0 aromatic carbocycles. The first-order valence-electron chi connectivity index (χ1n) is 5.16. The molecule has 0 radical (unpaired) electrons. The lowest BCUT2D eigenvalue weighted by Crippen LogP contribution is -2.42. The second-order valence-electron chi connectivity index (χ2n) is 3.65. The Morgan fingerprint density at radius 3 is 2.81 bits per heavy atom. The fourth-order valence-corrected chi connectivity index (χ4v) is 3.82. The summed E-state index contributed by atoms with van der Waals surface area (Å²) in [6, 6.07) is -0.648. The van der Waals surface area contributed by atoms with Crippen molar-refractivity contribution in [2.45, 2.75) is 25.3 Å². The molecule has 1 aliphatic heterocycles. The van der Waals surface area contributed by atoms with Crippen molar-refractivity contribution >= 4 is 27.6 Å². The Morgan fingerprint density at radius 1 is 1.56 bits per heavy atom. The number of nitrogens with zero attached hydrogens (tertiary/aromatic N) is 1. The summed E-state index contributed by atoms with van der Waals surface area (Å²) >= 11 is 5.47. The van der Waals surface area contributed by atoms with Crippen LogP contribution in [-0.2, 0) is 19.6 Å². The van der Waals surface area contributed by atoms with Crippen LogP contribution in [0.25, 0.3) is 0 Å². The van der Waals surface area contributed by atoms with Crippen LogP contribution in [-0.4, -0.2) is 50.0 Å². The minimum atomic E-state index is -3.38. The molecule has 1 heterocycles. The van der Waals surface area contributed by atoms with Gasteiger partial charge < -0.3 is 4.74 Å². The summed E-state index contributed by atoms with van der Waals surface area (Å²) in [4.78, 5) is 11.4. The first-order chi connectivity index (χ1) is 7.53. The van der Waals surface area contributed by atoms with E-state index in [0.29, 0.717) is 31.7 Å². The number of sulfonamides is 1. The summed E-state index contributed by atoms with van der Waals surface area (Å²) in [7, 11) is -2.11. The van der Waals surface area contributed by atoms with Gasteiger partial charge in [-0.1, -0.05) is 0 Å². The number of esters is 1. The SMILES string of the molecule is COC(=O)C1CCCN1S(=O)(=O)CCCCl. The standard InChI is InChI=1S/C9H16ClNO4S/c1-15-9(12)8-4-2-6-11(8)16(13,14)7-3-5-10/h8H,2-7H2,1H3. The Kier molecular flexibility index (Phi) is 5.01. The lowest BCUT2D eigenvalue weighted by atomic mass is 10.2. The molecule has 1 rings (SSSR count). The molecule has 1 atom stereocenters. The first-order valence-corrected chi connectivity index (χ1v) is 7.30. The molecule has 0 N–H and O–H groups in total. The Bertz CT molecular complexity index is 343. The predicted molar refractivity (Wildman–Crippen MR) is 60.9 cm³/mol. The van der Waals surface area contributed by atoms with Gasteiger partial charge in [0, 0.05) is 12.4 Å². The van der Waals surface area contributed by atoms with E-state index in [2.05, 4.69) is 4.74 Å². The molecule has 16 heavy (non-hydrogen) atoms. The molecule has 0 saturated carbocycles. The van der Waals surface area contributed by atoms with Crippen molar-refractivity contribution in [3.8, 4) is 0 Å². The topological polar surface area (TPSA) is 63.7 Å². The molecule has 0 aromatic rings. The highest BCUT2D eigenvalue weighted by atomic mass is 35.5. The highest BCUT2D eigenvalue weighted by Crippen LogP contribution is 2.22. The second kappa shape index (κ2) is 5.84. The minimum Gasteiger partial charge on any atom is -0.468 e. The monoisotopic (exact) mass is 269 g/mol. The number of ether oxygens (including phenoxy) is 1. The molecule has 0 aromatic heterocycles. The van der Waals surface area contributed by atoms with Crippen LogP contribution in [0.15, 0.2) is 0 Å². The Balaban J connectivity index is 2.74. The van der Waals surface area contributed by atoms with E-state index in [1.807, 2.05) is 0 Å². The average molecular weight is 270 g/mol. The number of halogens is 1. The van der Waals surface area contributed by atoms with Gasteiger partial charge in [0.1, 0.15) is 6.04 Å². The largest absolute Gasteiger partial charge is 0.468 e. The summed E-state index contributed by atoms with van der Waals surface area (Å²) in [5.74, 6) is -0.188. The lowest BCUT2D eigenvalue weighted by molar-refractivity contribution is -0.144. The van der Waals surface area contributed by atoms with Crippen molar-refractivity contribution in [2.75, 3.05) is 25.3 Å². The van der Waals surface area contributed by atoms with Crippen LogP contribution in [0.3, 0.4) is 0 Å². The van der Waals surface area contributed by atoms with E-state index in [1.165, 1.54) is 11.4 Å². The molecule has 1 aliphatic rings. The van der Waals surface area contributed by atoms with Crippen molar-refractivity contribution in [3.05, 3.63) is 0 Å². The van der Waals surface area contributed by atoms with Gasteiger partial charge in [-0.15, -0.1) is 11.6 Å². The second-order valence-corrected chi connectivity index (χ2v) is 6.07. The van der Waals surface area contributed by atoms with Gasteiger partial charge in [0.2, 0.25) is 10.0 Å². The van der Waals surface area contributed by atoms with Crippen molar-refractivity contribution in [3.63, 3.8) is 0 Å². The first kappa shape index (κ1) is 13.7. The zero-order valence-corrected chi connectivity index (χ0v) is 10.8. The average Bonchev–Trinajstić information content (AvgIpc) is 2.75. The van der Waals surface area contributed by atoms with Gasteiger partial charge in [0.15, 0.2) is 0 Å². The number of rotatable bonds is 5. The molecule has 0 aliphatic carbocycles. The number of methoxy groups -OCH3 is 1. The van der Waals surface area contributed by atoms with Crippen LogP contribution in [0.1, 0.15) is 19.3 Å². The Morgan fingerprint density at radius 2 is 2.25 bits per heavy atom. The molecule has 5 nitrogen and oxygen atoms in total. The molecular weight excluding hydrogens is 254 g/mol. The molecule has 7 heteroatoms. The van der Waals surface area contributed by atoms with Gasteiger partial charge in [-0.25, -0.2) is 8.42 Å². The molecule has 0 bridgehead atoms.